The molecule has 0 spiro atoms. The molecule has 0 radical (unpaired) electrons. The van der Waals surface area contributed by atoms with Crippen molar-refractivity contribution in [1.82, 2.24) is 4.98 Å². The SMILES string of the molecule is CC(C)(C)[N-]C(=O)c1[c-]cc([N-]C(=O)OC(C)(C)C)cn1.[Li+].[Li+].[Li+]. The van der Waals surface area contributed by atoms with E-state index in [9.17, 15) is 9.59 Å². The Labute approximate surface area is 180 Å². The van der Waals surface area contributed by atoms with E-state index in [0.717, 1.165) is 0 Å². The Bertz CT molecular complexity index is 523. The number of aromatic nitrogens is 1. The van der Waals surface area contributed by atoms with Gasteiger partial charge < -0.3 is 20.2 Å². The van der Waals surface area contributed by atoms with Gasteiger partial charge in [-0.05, 0) is 38.6 Å². The minimum Gasteiger partial charge on any atom is -0.702 e. The van der Waals surface area contributed by atoms with Gasteiger partial charge in [0.05, 0.1) is 0 Å². The molecule has 6 nitrogen and oxygen atoms in total. The van der Waals surface area contributed by atoms with E-state index in [2.05, 4.69) is 21.7 Å². The molecule has 0 aromatic carbocycles. The van der Waals surface area contributed by atoms with Crippen LogP contribution >= 0.6 is 0 Å². The third-order valence-corrected chi connectivity index (χ3v) is 1.94. The summed E-state index contributed by atoms with van der Waals surface area (Å²) in [6.45, 7) is 10.7. The first kappa shape index (κ1) is 28.5. The summed E-state index contributed by atoms with van der Waals surface area (Å²) < 4.78 is 5.05. The normalized spacial score (nSPS) is 10.2. The van der Waals surface area contributed by atoms with Crippen molar-refractivity contribution in [2.45, 2.75) is 52.7 Å². The van der Waals surface area contributed by atoms with Crippen LogP contribution in [0.15, 0.2) is 12.3 Å². The molecule has 0 saturated heterocycles. The van der Waals surface area contributed by atoms with Gasteiger partial charge in [-0.2, -0.15) is 12.1 Å². The fourth-order valence-electron chi connectivity index (χ4n) is 1.27. The fourth-order valence-corrected chi connectivity index (χ4v) is 1.27. The molecule has 0 saturated carbocycles. The first-order valence-electron chi connectivity index (χ1n) is 6.56. The van der Waals surface area contributed by atoms with Crippen molar-refractivity contribution in [3.05, 3.63) is 34.7 Å². The number of ether oxygens (including phenoxy) is 1. The third-order valence-electron chi connectivity index (χ3n) is 1.94. The maximum Gasteiger partial charge on any atom is 1.00 e. The number of rotatable bonds is 2. The smallest absolute Gasteiger partial charge is 0.702 e. The number of nitrogens with zero attached hydrogens (tertiary/aromatic N) is 3. The van der Waals surface area contributed by atoms with Crippen LogP contribution in [0.4, 0.5) is 10.5 Å². The monoisotopic (exact) mass is 311 g/mol. The van der Waals surface area contributed by atoms with Crippen molar-refractivity contribution in [1.29, 1.82) is 0 Å². The van der Waals surface area contributed by atoms with E-state index >= 15 is 0 Å². The minimum absolute atomic E-state index is 0. The Kier molecular flexibility index (Phi) is 13.4. The summed E-state index contributed by atoms with van der Waals surface area (Å²) >= 11 is 0. The van der Waals surface area contributed by atoms with Crippen molar-refractivity contribution < 1.29 is 70.9 Å². The molecule has 0 N–H and O–H groups in total. The number of pyridine rings is 1. The van der Waals surface area contributed by atoms with E-state index in [0.29, 0.717) is 0 Å². The summed E-state index contributed by atoms with van der Waals surface area (Å²) in [5.41, 5.74) is -0.726. The van der Waals surface area contributed by atoms with E-state index in [-0.39, 0.29) is 68.0 Å². The van der Waals surface area contributed by atoms with Gasteiger partial charge in [0, 0.05) is 0 Å². The minimum atomic E-state index is -0.712. The molecular weight excluding hydrogens is 291 g/mol. The molecule has 0 unspecified atom stereocenters. The standard InChI is InChI=1S/C15H22N3O3.3Li/c1-14(2,3)18-12(19)11-8-7-10(9-16-11)17-13(20)21-15(4,5)6;;;/h7,9H,1-6H3,(H2,17,18,19,20);;;/q-1;3*+1/p-2. The van der Waals surface area contributed by atoms with Crippen LogP contribution in [0, 0.1) is 6.07 Å². The van der Waals surface area contributed by atoms with Gasteiger partial charge in [0.25, 0.3) is 0 Å². The summed E-state index contributed by atoms with van der Waals surface area (Å²) in [5, 5.41) is 7.69. The molecule has 0 aliphatic rings. The number of carbonyl (C=O) groups is 2. The molecule has 2 amide bonds. The van der Waals surface area contributed by atoms with Gasteiger partial charge in [-0.25, -0.2) is 5.69 Å². The molecule has 1 heterocycles. The van der Waals surface area contributed by atoms with Gasteiger partial charge >= 0.3 is 56.6 Å². The van der Waals surface area contributed by atoms with E-state index in [1.54, 1.807) is 20.8 Å². The average molecular weight is 311 g/mol. The fraction of sp³-hybridized carbons (Fsp3) is 0.533. The Morgan fingerprint density at radius 3 is 2.00 bits per heavy atom. The number of hydrogen-bond acceptors (Lipinski definition) is 4. The van der Waals surface area contributed by atoms with Crippen molar-refractivity contribution in [3.8, 4) is 0 Å². The Balaban J connectivity index is -0.00000147. The summed E-state index contributed by atoms with van der Waals surface area (Å²) in [4.78, 5) is 27.2. The molecule has 0 bridgehead atoms. The van der Waals surface area contributed by atoms with Crippen LogP contribution in [0.3, 0.4) is 0 Å². The van der Waals surface area contributed by atoms with Gasteiger partial charge in [0.2, 0.25) is 6.09 Å². The van der Waals surface area contributed by atoms with Gasteiger partial charge in [-0.3, -0.25) is 9.78 Å². The first-order valence-corrected chi connectivity index (χ1v) is 6.56. The third kappa shape index (κ3) is 12.1. The van der Waals surface area contributed by atoms with Gasteiger partial charge in [0.1, 0.15) is 5.60 Å². The first-order chi connectivity index (χ1) is 9.46. The molecule has 9 heteroatoms. The van der Waals surface area contributed by atoms with E-state index < -0.39 is 23.1 Å². The molecule has 0 atom stereocenters. The molecule has 1 aromatic rings. The number of carbonyl (C=O) groups excluding carboxylic acids is 2. The molecule has 1 aromatic heterocycles. The second-order valence-electron chi connectivity index (χ2n) is 6.50. The summed E-state index contributed by atoms with van der Waals surface area (Å²) in [6.07, 6.45) is 0.599. The summed E-state index contributed by atoms with van der Waals surface area (Å²) in [7, 11) is 0. The van der Waals surface area contributed by atoms with Crippen LogP contribution in [-0.2, 0) is 4.74 Å². The largest absolute Gasteiger partial charge is 1.00 e. The topological polar surface area (TPSA) is 84.5 Å². The second-order valence-corrected chi connectivity index (χ2v) is 6.50. The molecule has 0 fully saturated rings. The average Bonchev–Trinajstić information content (AvgIpc) is 2.24. The van der Waals surface area contributed by atoms with Crippen LogP contribution in [-0.4, -0.2) is 28.1 Å². The Hall–Kier alpha value is -0.318. The van der Waals surface area contributed by atoms with Gasteiger partial charge in [0.15, 0.2) is 0 Å². The second kappa shape index (κ2) is 11.3. The Morgan fingerprint density at radius 1 is 1.08 bits per heavy atom. The zero-order chi connectivity index (χ0) is 16.3. The molecule has 0 aliphatic heterocycles. The van der Waals surface area contributed by atoms with E-state index in [1.807, 2.05) is 20.8 Å². The predicted molar refractivity (Wildman–Crippen MR) is 79.8 cm³/mol. The zero-order valence-electron chi connectivity index (χ0n) is 16.2. The van der Waals surface area contributed by atoms with Crippen LogP contribution in [0.2, 0.25) is 0 Å². The van der Waals surface area contributed by atoms with Crippen molar-refractivity contribution in [2.75, 3.05) is 0 Å². The maximum atomic E-state index is 11.8. The molecular formula is C15H20Li3N3O3. The van der Waals surface area contributed by atoms with Crippen molar-refractivity contribution in [2.24, 2.45) is 0 Å². The summed E-state index contributed by atoms with van der Waals surface area (Å²) in [5.74, 6) is -0.452. The van der Waals surface area contributed by atoms with E-state index in [1.165, 1.54) is 12.3 Å². The molecule has 116 valence electrons. The van der Waals surface area contributed by atoms with Gasteiger partial charge in [-0.1, -0.05) is 20.8 Å². The van der Waals surface area contributed by atoms with E-state index in [4.69, 9.17) is 4.74 Å². The quantitative estimate of drug-likeness (QED) is 0.405. The number of amides is 2. The predicted octanol–water partition coefficient (Wildman–Crippen LogP) is -4.85. The summed E-state index contributed by atoms with van der Waals surface area (Å²) in [6, 6.07) is 4.08. The van der Waals surface area contributed by atoms with Crippen molar-refractivity contribution >= 4 is 17.7 Å². The Morgan fingerprint density at radius 2 is 1.62 bits per heavy atom. The zero-order valence-corrected chi connectivity index (χ0v) is 16.2. The maximum absolute atomic E-state index is 11.8. The van der Waals surface area contributed by atoms with Gasteiger partial charge in [-0.15, -0.1) is 5.54 Å². The van der Waals surface area contributed by atoms with Crippen LogP contribution in [0.5, 0.6) is 0 Å². The molecule has 0 aliphatic carbocycles. The van der Waals surface area contributed by atoms with Crippen molar-refractivity contribution in [3.63, 3.8) is 0 Å². The molecule has 24 heavy (non-hydrogen) atoms. The number of hydrogen-bond donors (Lipinski definition) is 0. The molecule has 1 rings (SSSR count). The van der Waals surface area contributed by atoms with Crippen LogP contribution < -0.4 is 56.6 Å². The van der Waals surface area contributed by atoms with Crippen LogP contribution in [0.1, 0.15) is 52.0 Å². The van der Waals surface area contributed by atoms with Crippen LogP contribution in [0.25, 0.3) is 10.6 Å².